The Morgan fingerprint density at radius 1 is 0.525 bits per heavy atom. The summed E-state index contributed by atoms with van der Waals surface area (Å²) in [5, 5.41) is 2.78. The topological polar surface area (TPSA) is 18.5 Å². The van der Waals surface area contributed by atoms with Crippen LogP contribution in [0.3, 0.4) is 0 Å². The molecule has 326 valence electrons. The van der Waals surface area contributed by atoms with E-state index in [1.165, 1.54) is 59.3 Å². The number of ether oxygens (including phenoxy) is 2. The van der Waals surface area contributed by atoms with Gasteiger partial charge in [0.25, 0.3) is 0 Å². The maximum absolute atomic E-state index is 14.3. The van der Waals surface area contributed by atoms with Crippen LogP contribution in [-0.4, -0.2) is 19.9 Å². The first kappa shape index (κ1) is 46.4. The normalized spacial score (nSPS) is 18.1. The highest BCUT2D eigenvalue weighted by molar-refractivity contribution is 7.80. The van der Waals surface area contributed by atoms with Gasteiger partial charge in [0.2, 0.25) is 0 Å². The van der Waals surface area contributed by atoms with Gasteiger partial charge in [-0.25, -0.2) is 0 Å². The van der Waals surface area contributed by atoms with Crippen LogP contribution in [0, 0.1) is 12.8 Å². The van der Waals surface area contributed by atoms with Gasteiger partial charge in [-0.2, -0.15) is 39.5 Å². The molecule has 0 aromatic heterocycles. The van der Waals surface area contributed by atoms with Crippen molar-refractivity contribution in [1.29, 1.82) is 0 Å². The predicted octanol–water partition coefficient (Wildman–Crippen LogP) is 13.2. The molecule has 61 heavy (non-hydrogen) atoms. The molecule has 0 amide bonds. The quantitative estimate of drug-likeness (QED) is 0.103. The zero-order chi connectivity index (χ0) is 44.1. The molecule has 5 aromatic carbocycles. The minimum Gasteiger partial charge on any atom is -0.493 e. The fourth-order valence-electron chi connectivity index (χ4n) is 8.75. The van der Waals surface area contributed by atoms with Crippen molar-refractivity contribution in [3.05, 3.63) is 137 Å². The van der Waals surface area contributed by atoms with E-state index in [-0.39, 0.29) is 34.1 Å². The number of hydrogen-bond acceptors (Lipinski definition) is 2. The summed E-state index contributed by atoms with van der Waals surface area (Å²) in [4.78, 5) is 0. The van der Waals surface area contributed by atoms with Crippen LogP contribution in [0.25, 0.3) is 0 Å². The molecular formula is C48H49F9O2P2. The lowest BCUT2D eigenvalue weighted by molar-refractivity contribution is -0.143. The summed E-state index contributed by atoms with van der Waals surface area (Å²) in [7, 11) is -0.416. The second kappa shape index (κ2) is 19.5. The Balaban J connectivity index is 0.00000116. The number of rotatable bonds is 10. The minimum atomic E-state index is -5.14. The van der Waals surface area contributed by atoms with Crippen LogP contribution < -0.4 is 36.0 Å². The Morgan fingerprint density at radius 2 is 0.967 bits per heavy atom. The van der Waals surface area contributed by atoms with Crippen molar-refractivity contribution in [2.75, 3.05) is 14.2 Å². The van der Waals surface area contributed by atoms with Crippen LogP contribution in [0.2, 0.25) is 0 Å². The standard InChI is InChI=1S/C43H39F9O2P2.C5H10/c1-26-18-28(41(44,45)46)21-33(19-26)55(34-22-29(42(47,48)49)20-30(23-34)43(50,51)52)27(2)35-16-11-17-36(35)37-24-38(53-3)39(54-4)25-40(37)56(31-12-7-5-8-13-31)32-14-9-6-10-15-32;1-2-4-5-3-1/h5-10,12-15,18-25,27,35-36H,11,16-17H2,1-4H3;1-5H2/t27-,35?,36?,55?;/m1./s1. The van der Waals surface area contributed by atoms with Crippen LogP contribution in [0.5, 0.6) is 11.5 Å². The van der Waals surface area contributed by atoms with Crippen molar-refractivity contribution in [2.24, 2.45) is 5.92 Å². The van der Waals surface area contributed by atoms with E-state index < -0.39 is 56.7 Å². The predicted molar refractivity (Wildman–Crippen MR) is 230 cm³/mol. The monoisotopic (exact) mass is 890 g/mol. The van der Waals surface area contributed by atoms with E-state index in [1.807, 2.05) is 72.8 Å². The van der Waals surface area contributed by atoms with Crippen LogP contribution in [0.4, 0.5) is 39.5 Å². The molecule has 0 saturated heterocycles. The van der Waals surface area contributed by atoms with E-state index in [1.54, 1.807) is 6.92 Å². The second-order valence-electron chi connectivity index (χ2n) is 15.7. The molecule has 7 rings (SSSR count). The minimum absolute atomic E-state index is 0.0567. The lowest BCUT2D eigenvalue weighted by Gasteiger charge is -2.36. The highest BCUT2D eigenvalue weighted by Gasteiger charge is 2.43. The highest BCUT2D eigenvalue weighted by Crippen LogP contribution is 2.55. The zero-order valence-corrected chi connectivity index (χ0v) is 36.2. The third-order valence-corrected chi connectivity index (χ3v) is 16.9. The molecular weight excluding hydrogens is 841 g/mol. The molecule has 13 heteroatoms. The van der Waals surface area contributed by atoms with Crippen molar-refractivity contribution in [3.8, 4) is 11.5 Å². The van der Waals surface area contributed by atoms with E-state index in [9.17, 15) is 39.5 Å². The molecule has 0 heterocycles. The summed E-state index contributed by atoms with van der Waals surface area (Å²) < 4.78 is 140. The smallest absolute Gasteiger partial charge is 0.416 e. The first-order valence-electron chi connectivity index (χ1n) is 20.3. The van der Waals surface area contributed by atoms with E-state index in [0.717, 1.165) is 33.6 Å². The molecule has 0 bridgehead atoms. The van der Waals surface area contributed by atoms with E-state index >= 15 is 0 Å². The van der Waals surface area contributed by atoms with Crippen LogP contribution in [-0.2, 0) is 18.5 Å². The Hall–Kier alpha value is -4.07. The molecule has 2 aliphatic carbocycles. The Bertz CT molecular complexity index is 2140. The van der Waals surface area contributed by atoms with E-state index in [0.29, 0.717) is 42.9 Å². The Morgan fingerprint density at radius 3 is 1.43 bits per heavy atom. The number of benzene rings is 5. The largest absolute Gasteiger partial charge is 0.493 e. The fraction of sp³-hybridized carbons (Fsp3) is 0.375. The Labute approximate surface area is 354 Å². The lowest BCUT2D eigenvalue weighted by atomic mass is 9.86. The van der Waals surface area contributed by atoms with Gasteiger partial charge in [0.15, 0.2) is 11.5 Å². The van der Waals surface area contributed by atoms with Crippen molar-refractivity contribution >= 4 is 42.4 Å². The third kappa shape index (κ3) is 11.1. The number of aryl methyl sites for hydroxylation is 1. The molecule has 0 aliphatic heterocycles. The summed E-state index contributed by atoms with van der Waals surface area (Å²) in [6.45, 7) is 3.20. The average molecular weight is 891 g/mol. The fourth-order valence-corrected chi connectivity index (χ4v) is 14.4. The van der Waals surface area contributed by atoms with Crippen molar-refractivity contribution < 1.29 is 49.0 Å². The molecule has 2 fully saturated rings. The molecule has 2 nitrogen and oxygen atoms in total. The maximum Gasteiger partial charge on any atom is 0.416 e. The van der Waals surface area contributed by atoms with Gasteiger partial charge >= 0.3 is 18.5 Å². The van der Waals surface area contributed by atoms with Gasteiger partial charge in [0, 0.05) is 0 Å². The number of alkyl halides is 9. The van der Waals surface area contributed by atoms with Crippen LogP contribution in [0.15, 0.2) is 109 Å². The highest BCUT2D eigenvalue weighted by atomic mass is 31.1. The second-order valence-corrected chi connectivity index (χ2v) is 20.4. The summed E-state index contributed by atoms with van der Waals surface area (Å²) in [5.41, 5.74) is -3.60. The first-order valence-corrected chi connectivity index (χ1v) is 23.1. The van der Waals surface area contributed by atoms with Gasteiger partial charge in [0.1, 0.15) is 0 Å². The van der Waals surface area contributed by atoms with Crippen molar-refractivity contribution in [3.63, 3.8) is 0 Å². The number of methoxy groups -OCH3 is 2. The number of hydrogen-bond donors (Lipinski definition) is 0. The average Bonchev–Trinajstić information content (AvgIpc) is 3.97. The van der Waals surface area contributed by atoms with E-state index in [2.05, 4.69) is 0 Å². The molecule has 3 unspecified atom stereocenters. The van der Waals surface area contributed by atoms with Gasteiger partial charge in [0.05, 0.1) is 30.9 Å². The maximum atomic E-state index is 14.3. The molecule has 2 aliphatic rings. The summed E-state index contributed by atoms with van der Waals surface area (Å²) >= 11 is 0. The van der Waals surface area contributed by atoms with Gasteiger partial charge < -0.3 is 9.47 Å². The molecule has 0 radical (unpaired) electrons. The molecule has 4 atom stereocenters. The lowest BCUT2D eigenvalue weighted by Crippen LogP contribution is -2.31. The van der Waals surface area contributed by atoms with Gasteiger partial charge in [-0.05, 0) is 133 Å². The van der Waals surface area contributed by atoms with Crippen molar-refractivity contribution in [2.45, 2.75) is 95.3 Å². The van der Waals surface area contributed by atoms with Gasteiger partial charge in [-0.3, -0.25) is 0 Å². The Kier molecular flexibility index (Phi) is 14.9. The van der Waals surface area contributed by atoms with E-state index in [4.69, 9.17) is 9.47 Å². The van der Waals surface area contributed by atoms with Crippen LogP contribution in [0.1, 0.15) is 92.0 Å². The first-order chi connectivity index (χ1) is 28.9. The molecule has 0 N–H and O–H groups in total. The summed E-state index contributed by atoms with van der Waals surface area (Å²) in [6, 6.07) is 28.3. The molecule has 0 spiro atoms. The van der Waals surface area contributed by atoms with Crippen molar-refractivity contribution in [1.82, 2.24) is 0 Å². The summed E-state index contributed by atoms with van der Waals surface area (Å²) in [5.74, 6) is 0.310. The van der Waals surface area contributed by atoms with Gasteiger partial charge in [-0.15, -0.1) is 0 Å². The molecule has 5 aromatic rings. The summed E-state index contributed by atoms with van der Waals surface area (Å²) in [6.07, 6.45) is -5.71. The SMILES string of the molecule is C1CCCC1.COc1cc(C2CCCC2[C@@H](C)P(c2cc(C)cc(C(F)(F)F)c2)c2cc(C(F)(F)F)cc(C(F)(F)F)c2)c(P(c2ccccc2)c2ccccc2)cc1OC. The van der Waals surface area contributed by atoms with Gasteiger partial charge in [-0.1, -0.05) is 112 Å². The third-order valence-electron chi connectivity index (χ3n) is 11.6. The number of halogens is 9. The van der Waals surface area contributed by atoms with Crippen LogP contribution >= 0.6 is 15.8 Å². The zero-order valence-electron chi connectivity index (χ0n) is 34.4. The molecule has 2 saturated carbocycles.